The molecule has 0 aliphatic heterocycles. The third-order valence-electron chi connectivity index (χ3n) is 3.49. The topological polar surface area (TPSA) is 84.1 Å². The average Bonchev–Trinajstić information content (AvgIpc) is 3.05. The van der Waals surface area contributed by atoms with Crippen molar-refractivity contribution >= 4 is 5.82 Å². The summed E-state index contributed by atoms with van der Waals surface area (Å²) in [7, 11) is 0. The highest BCUT2D eigenvalue weighted by atomic mass is 16.5. The van der Waals surface area contributed by atoms with Crippen molar-refractivity contribution in [3.63, 3.8) is 0 Å². The van der Waals surface area contributed by atoms with E-state index < -0.39 is 0 Å². The van der Waals surface area contributed by atoms with Crippen LogP contribution in [0.2, 0.25) is 0 Å². The van der Waals surface area contributed by atoms with Crippen LogP contribution in [0.1, 0.15) is 12.5 Å². The first kappa shape index (κ1) is 15.2. The van der Waals surface area contributed by atoms with Crippen LogP contribution in [-0.2, 0) is 0 Å². The number of aliphatic hydroxyl groups is 1. The van der Waals surface area contributed by atoms with Crippen molar-refractivity contribution in [3.05, 3.63) is 48.2 Å². The van der Waals surface area contributed by atoms with E-state index in [1.807, 2.05) is 50.2 Å². The Labute approximate surface area is 134 Å². The zero-order valence-corrected chi connectivity index (χ0v) is 13.0. The molecule has 1 aromatic carbocycles. The van der Waals surface area contributed by atoms with Crippen molar-refractivity contribution in [1.82, 2.24) is 15.1 Å². The number of rotatable bonds is 5. The van der Waals surface area contributed by atoms with E-state index in [1.165, 1.54) is 0 Å². The van der Waals surface area contributed by atoms with E-state index in [9.17, 15) is 0 Å². The Balaban J connectivity index is 1.82. The largest absolute Gasteiger partial charge is 0.394 e. The van der Waals surface area contributed by atoms with Crippen LogP contribution in [0.4, 0.5) is 5.82 Å². The lowest BCUT2D eigenvalue weighted by Gasteiger charge is -2.10. The fourth-order valence-electron chi connectivity index (χ4n) is 2.18. The number of hydrogen-bond donors (Lipinski definition) is 2. The third-order valence-corrected chi connectivity index (χ3v) is 3.49. The second-order valence-corrected chi connectivity index (χ2v) is 5.40. The summed E-state index contributed by atoms with van der Waals surface area (Å²) < 4.78 is 5.34. The molecule has 0 spiro atoms. The number of benzene rings is 1. The Bertz CT molecular complexity index is 783. The molecule has 2 heterocycles. The molecule has 2 aromatic heterocycles. The molecule has 0 aliphatic rings. The van der Waals surface area contributed by atoms with Crippen molar-refractivity contribution in [2.75, 3.05) is 11.9 Å². The molecule has 0 aliphatic carbocycles. The second-order valence-electron chi connectivity index (χ2n) is 5.40. The van der Waals surface area contributed by atoms with Crippen LogP contribution in [0.5, 0.6) is 0 Å². The zero-order chi connectivity index (χ0) is 16.2. The molecular weight excluding hydrogens is 292 g/mol. The maximum absolute atomic E-state index is 9.04. The SMILES string of the molecule is Cc1ccccc1-c1noc(-c2ccc(N[C@@H](C)CO)nc2)n1. The van der Waals surface area contributed by atoms with Crippen molar-refractivity contribution < 1.29 is 9.63 Å². The van der Waals surface area contributed by atoms with Crippen molar-refractivity contribution in [1.29, 1.82) is 0 Å². The lowest BCUT2D eigenvalue weighted by atomic mass is 10.1. The van der Waals surface area contributed by atoms with E-state index in [2.05, 4.69) is 20.4 Å². The molecule has 0 fully saturated rings. The first-order chi connectivity index (χ1) is 11.2. The molecule has 0 amide bonds. The smallest absolute Gasteiger partial charge is 0.259 e. The fraction of sp³-hybridized carbons (Fsp3) is 0.235. The molecule has 118 valence electrons. The molecule has 0 saturated carbocycles. The summed E-state index contributed by atoms with van der Waals surface area (Å²) in [4.78, 5) is 8.73. The summed E-state index contributed by atoms with van der Waals surface area (Å²) in [5.74, 6) is 1.68. The maximum Gasteiger partial charge on any atom is 0.259 e. The fourth-order valence-corrected chi connectivity index (χ4v) is 2.18. The number of pyridine rings is 1. The minimum absolute atomic E-state index is 0.0485. The number of hydrogen-bond acceptors (Lipinski definition) is 6. The Morgan fingerprint density at radius 1 is 1.22 bits per heavy atom. The number of anilines is 1. The predicted octanol–water partition coefficient (Wildman–Crippen LogP) is 2.90. The Hall–Kier alpha value is -2.73. The van der Waals surface area contributed by atoms with Gasteiger partial charge in [-0.25, -0.2) is 4.98 Å². The highest BCUT2D eigenvalue weighted by molar-refractivity contribution is 5.62. The Morgan fingerprint density at radius 2 is 2.04 bits per heavy atom. The molecule has 0 unspecified atom stereocenters. The van der Waals surface area contributed by atoms with Crippen LogP contribution in [0, 0.1) is 6.92 Å². The van der Waals surface area contributed by atoms with Gasteiger partial charge in [-0.3, -0.25) is 0 Å². The average molecular weight is 310 g/mol. The second kappa shape index (κ2) is 6.58. The van der Waals surface area contributed by atoms with Crippen LogP contribution >= 0.6 is 0 Å². The van der Waals surface area contributed by atoms with Crippen LogP contribution < -0.4 is 5.32 Å². The molecule has 1 atom stereocenters. The standard InChI is InChI=1S/C17H18N4O2/c1-11-5-3-4-6-14(11)16-20-17(23-21-16)13-7-8-15(18-9-13)19-12(2)10-22/h3-9,12,22H,10H2,1-2H3,(H,18,19)/t12-/m0/s1. The summed E-state index contributed by atoms with van der Waals surface area (Å²) in [6.07, 6.45) is 1.67. The highest BCUT2D eigenvalue weighted by Crippen LogP contribution is 2.24. The predicted molar refractivity (Wildman–Crippen MR) is 87.9 cm³/mol. The van der Waals surface area contributed by atoms with Crippen LogP contribution in [0.15, 0.2) is 47.1 Å². The molecule has 3 rings (SSSR count). The van der Waals surface area contributed by atoms with E-state index in [0.717, 1.165) is 16.7 Å². The van der Waals surface area contributed by atoms with Crippen molar-refractivity contribution in [2.45, 2.75) is 19.9 Å². The summed E-state index contributed by atoms with van der Waals surface area (Å²) in [5.41, 5.74) is 2.79. The summed E-state index contributed by atoms with van der Waals surface area (Å²) in [5, 5.41) is 16.2. The van der Waals surface area contributed by atoms with Gasteiger partial charge < -0.3 is 14.9 Å². The minimum Gasteiger partial charge on any atom is -0.394 e. The van der Waals surface area contributed by atoms with E-state index in [1.54, 1.807) is 6.20 Å². The van der Waals surface area contributed by atoms with Gasteiger partial charge in [-0.1, -0.05) is 29.4 Å². The van der Waals surface area contributed by atoms with Gasteiger partial charge in [-0.05, 0) is 31.5 Å². The first-order valence-corrected chi connectivity index (χ1v) is 7.41. The van der Waals surface area contributed by atoms with E-state index in [4.69, 9.17) is 9.63 Å². The molecule has 3 aromatic rings. The van der Waals surface area contributed by atoms with Gasteiger partial charge in [0.25, 0.3) is 5.89 Å². The number of aromatic nitrogens is 3. The van der Waals surface area contributed by atoms with Crippen LogP contribution in [0.25, 0.3) is 22.8 Å². The van der Waals surface area contributed by atoms with Gasteiger partial charge in [0.1, 0.15) is 5.82 Å². The highest BCUT2D eigenvalue weighted by Gasteiger charge is 2.12. The van der Waals surface area contributed by atoms with Gasteiger partial charge in [0.2, 0.25) is 5.82 Å². The van der Waals surface area contributed by atoms with Crippen LogP contribution in [-0.4, -0.2) is 32.9 Å². The number of nitrogens with one attached hydrogen (secondary N) is 1. The van der Waals surface area contributed by atoms with Crippen molar-refractivity contribution in [3.8, 4) is 22.8 Å². The number of aryl methyl sites for hydroxylation is 1. The summed E-state index contributed by atoms with van der Waals surface area (Å²) in [6, 6.07) is 11.5. The number of aliphatic hydroxyl groups excluding tert-OH is 1. The van der Waals surface area contributed by atoms with Gasteiger partial charge in [-0.15, -0.1) is 0 Å². The first-order valence-electron chi connectivity index (χ1n) is 7.41. The molecule has 2 N–H and O–H groups in total. The molecule has 6 heteroatoms. The lowest BCUT2D eigenvalue weighted by Crippen LogP contribution is -2.19. The van der Waals surface area contributed by atoms with Gasteiger partial charge in [0, 0.05) is 17.8 Å². The van der Waals surface area contributed by atoms with Gasteiger partial charge in [0.15, 0.2) is 0 Å². The maximum atomic E-state index is 9.04. The van der Waals surface area contributed by atoms with Gasteiger partial charge >= 0.3 is 0 Å². The quantitative estimate of drug-likeness (QED) is 0.754. The zero-order valence-electron chi connectivity index (χ0n) is 13.0. The minimum atomic E-state index is -0.0515. The third kappa shape index (κ3) is 3.37. The molecular formula is C17H18N4O2. The molecule has 0 bridgehead atoms. The molecule has 0 radical (unpaired) electrons. The van der Waals surface area contributed by atoms with E-state index >= 15 is 0 Å². The van der Waals surface area contributed by atoms with Gasteiger partial charge in [0.05, 0.1) is 12.2 Å². The normalized spacial score (nSPS) is 12.1. The Kier molecular flexibility index (Phi) is 4.34. The summed E-state index contributed by atoms with van der Waals surface area (Å²) >= 11 is 0. The molecule has 0 saturated heterocycles. The van der Waals surface area contributed by atoms with Crippen molar-refractivity contribution in [2.24, 2.45) is 0 Å². The van der Waals surface area contributed by atoms with Crippen LogP contribution in [0.3, 0.4) is 0 Å². The lowest BCUT2D eigenvalue weighted by molar-refractivity contribution is 0.281. The Morgan fingerprint density at radius 3 is 2.74 bits per heavy atom. The number of nitrogens with zero attached hydrogens (tertiary/aromatic N) is 3. The monoisotopic (exact) mass is 310 g/mol. The van der Waals surface area contributed by atoms with E-state index in [0.29, 0.717) is 17.5 Å². The van der Waals surface area contributed by atoms with E-state index in [-0.39, 0.29) is 12.6 Å². The summed E-state index contributed by atoms with van der Waals surface area (Å²) in [6.45, 7) is 3.94. The molecule has 6 nitrogen and oxygen atoms in total. The van der Waals surface area contributed by atoms with Gasteiger partial charge in [-0.2, -0.15) is 4.98 Å². The molecule has 23 heavy (non-hydrogen) atoms.